The predicted octanol–water partition coefficient (Wildman–Crippen LogP) is 2.62. The minimum atomic E-state index is -0.673. The van der Waals surface area contributed by atoms with E-state index in [0.717, 1.165) is 16.9 Å². The van der Waals surface area contributed by atoms with Crippen LogP contribution in [-0.4, -0.2) is 30.0 Å². The fourth-order valence-corrected chi connectivity index (χ4v) is 2.58. The second-order valence-electron chi connectivity index (χ2n) is 6.67. The van der Waals surface area contributed by atoms with E-state index in [2.05, 4.69) is 5.32 Å². The van der Waals surface area contributed by atoms with Crippen molar-refractivity contribution in [1.29, 1.82) is 0 Å². The molecule has 0 aromatic heterocycles. The number of methoxy groups -OCH3 is 1. The lowest BCUT2D eigenvalue weighted by molar-refractivity contribution is -0.131. The second kappa shape index (κ2) is 9.42. The number of ketones is 1. The highest BCUT2D eigenvalue weighted by molar-refractivity contribution is 5.87. The number of ether oxygens (including phenoxy) is 1. The summed E-state index contributed by atoms with van der Waals surface area (Å²) in [5.41, 5.74) is 1.99. The number of nitrogens with one attached hydrogen (secondary N) is 1. The summed E-state index contributed by atoms with van der Waals surface area (Å²) in [6.45, 7) is 7.78. The largest absolute Gasteiger partial charge is 0.496 e. The molecule has 0 heterocycles. The summed E-state index contributed by atoms with van der Waals surface area (Å²) in [5, 5.41) is 12.2. The zero-order valence-corrected chi connectivity index (χ0v) is 15.3. The maximum Gasteiger partial charge on any atom is 0.224 e. The molecule has 0 spiro atoms. The van der Waals surface area contributed by atoms with E-state index >= 15 is 0 Å². The van der Waals surface area contributed by atoms with Crippen molar-refractivity contribution in [3.63, 3.8) is 0 Å². The van der Waals surface area contributed by atoms with Gasteiger partial charge in [-0.1, -0.05) is 26.0 Å². The number of aryl methyl sites for hydroxylation is 1. The van der Waals surface area contributed by atoms with Gasteiger partial charge in [0.15, 0.2) is 0 Å². The Morgan fingerprint density at radius 2 is 1.88 bits per heavy atom. The van der Waals surface area contributed by atoms with Crippen LogP contribution in [0, 0.1) is 18.8 Å². The number of aliphatic hydroxyl groups is 1. The van der Waals surface area contributed by atoms with Gasteiger partial charge in [-0.05, 0) is 37.0 Å². The Kier molecular flexibility index (Phi) is 7.92. The number of benzene rings is 1. The van der Waals surface area contributed by atoms with Gasteiger partial charge in [-0.3, -0.25) is 9.59 Å². The van der Waals surface area contributed by atoms with Gasteiger partial charge in [0, 0.05) is 25.3 Å². The van der Waals surface area contributed by atoms with Crippen molar-refractivity contribution >= 4 is 11.7 Å². The summed E-state index contributed by atoms with van der Waals surface area (Å²) in [6.07, 6.45) is -0.425. The van der Waals surface area contributed by atoms with E-state index in [4.69, 9.17) is 4.74 Å². The molecule has 1 rings (SSSR count). The van der Waals surface area contributed by atoms with Crippen molar-refractivity contribution in [2.75, 3.05) is 7.11 Å². The lowest BCUT2D eigenvalue weighted by Gasteiger charge is -2.20. The Bertz CT molecular complexity index is 566. The van der Waals surface area contributed by atoms with Gasteiger partial charge < -0.3 is 15.2 Å². The Labute approximate surface area is 144 Å². The number of carbonyl (C=O) groups excluding carboxylic acids is 2. The van der Waals surface area contributed by atoms with E-state index in [0.29, 0.717) is 6.54 Å². The standard InChI is InChI=1S/C19H29NO4/c1-12(2)17(10-16(22)8-14(4)21)19(23)20-11-15-7-6-13(3)18(9-15)24-5/h6-7,9,12,14,17,21H,8,10-11H2,1-5H3,(H,20,23)/t14?,17-/m0/s1. The molecular weight excluding hydrogens is 306 g/mol. The van der Waals surface area contributed by atoms with E-state index in [1.165, 1.54) is 0 Å². The summed E-state index contributed by atoms with van der Waals surface area (Å²) in [5.74, 6) is 0.229. The monoisotopic (exact) mass is 335 g/mol. The molecule has 2 N–H and O–H groups in total. The Morgan fingerprint density at radius 1 is 1.21 bits per heavy atom. The molecular formula is C19H29NO4. The minimum Gasteiger partial charge on any atom is -0.496 e. The van der Waals surface area contributed by atoms with E-state index in [1.54, 1.807) is 14.0 Å². The van der Waals surface area contributed by atoms with Gasteiger partial charge in [-0.25, -0.2) is 0 Å². The minimum absolute atomic E-state index is 0.0514. The van der Waals surface area contributed by atoms with E-state index < -0.39 is 6.10 Å². The summed E-state index contributed by atoms with van der Waals surface area (Å²) in [7, 11) is 1.62. The first-order valence-corrected chi connectivity index (χ1v) is 8.35. The summed E-state index contributed by atoms with van der Waals surface area (Å²) in [6, 6.07) is 5.80. The number of hydrogen-bond donors (Lipinski definition) is 2. The number of aliphatic hydroxyl groups excluding tert-OH is 1. The van der Waals surface area contributed by atoms with E-state index in [1.807, 2.05) is 39.0 Å². The fourth-order valence-electron chi connectivity index (χ4n) is 2.58. The van der Waals surface area contributed by atoms with Gasteiger partial charge in [0.2, 0.25) is 5.91 Å². The molecule has 2 atom stereocenters. The van der Waals surface area contributed by atoms with Crippen LogP contribution in [0.3, 0.4) is 0 Å². The molecule has 0 radical (unpaired) electrons. The molecule has 0 aliphatic rings. The van der Waals surface area contributed by atoms with Gasteiger partial charge in [-0.2, -0.15) is 0 Å². The summed E-state index contributed by atoms with van der Waals surface area (Å²) in [4.78, 5) is 24.4. The lowest BCUT2D eigenvalue weighted by atomic mass is 9.88. The molecule has 24 heavy (non-hydrogen) atoms. The number of rotatable bonds is 9. The first-order chi connectivity index (χ1) is 11.2. The molecule has 0 bridgehead atoms. The van der Waals surface area contributed by atoms with Crippen molar-refractivity contribution in [3.8, 4) is 5.75 Å². The van der Waals surface area contributed by atoms with Crippen molar-refractivity contribution in [2.24, 2.45) is 11.8 Å². The van der Waals surface area contributed by atoms with Crippen LogP contribution in [0.5, 0.6) is 5.75 Å². The first kappa shape index (κ1) is 20.2. The van der Waals surface area contributed by atoms with E-state index in [-0.39, 0.29) is 36.4 Å². The molecule has 5 heteroatoms. The quantitative estimate of drug-likeness (QED) is 0.727. The maximum absolute atomic E-state index is 12.4. The van der Waals surface area contributed by atoms with Crippen LogP contribution in [0.1, 0.15) is 44.7 Å². The third kappa shape index (κ3) is 6.32. The highest BCUT2D eigenvalue weighted by Crippen LogP contribution is 2.20. The smallest absolute Gasteiger partial charge is 0.224 e. The highest BCUT2D eigenvalue weighted by Gasteiger charge is 2.25. The molecule has 1 aromatic carbocycles. The molecule has 1 amide bonds. The SMILES string of the molecule is COc1cc(CNC(=O)[C@@H](CC(=O)CC(C)O)C(C)C)ccc1C. The van der Waals surface area contributed by atoms with Crippen molar-refractivity contribution in [2.45, 2.75) is 53.2 Å². The maximum atomic E-state index is 12.4. The van der Waals surface area contributed by atoms with Crippen LogP contribution in [0.2, 0.25) is 0 Å². The second-order valence-corrected chi connectivity index (χ2v) is 6.67. The number of Topliss-reactive ketones (excluding diaryl/α,β-unsaturated/α-hetero) is 1. The van der Waals surface area contributed by atoms with Crippen molar-refractivity contribution in [1.82, 2.24) is 5.32 Å². The molecule has 134 valence electrons. The van der Waals surface area contributed by atoms with Crippen LogP contribution in [-0.2, 0) is 16.1 Å². The average Bonchev–Trinajstić information content (AvgIpc) is 2.50. The Morgan fingerprint density at radius 3 is 2.42 bits per heavy atom. The van der Waals surface area contributed by atoms with Crippen LogP contribution >= 0.6 is 0 Å². The topological polar surface area (TPSA) is 75.6 Å². The molecule has 5 nitrogen and oxygen atoms in total. The Hall–Kier alpha value is -1.88. The van der Waals surface area contributed by atoms with Gasteiger partial charge in [0.05, 0.1) is 13.2 Å². The molecule has 1 aromatic rings. The molecule has 0 aliphatic carbocycles. The molecule has 0 fully saturated rings. The van der Waals surface area contributed by atoms with Gasteiger partial charge in [-0.15, -0.1) is 0 Å². The van der Waals surface area contributed by atoms with Crippen molar-refractivity contribution < 1.29 is 19.4 Å². The molecule has 0 saturated carbocycles. The zero-order chi connectivity index (χ0) is 18.3. The highest BCUT2D eigenvalue weighted by atomic mass is 16.5. The predicted molar refractivity (Wildman–Crippen MR) is 93.8 cm³/mol. The van der Waals surface area contributed by atoms with Gasteiger partial charge in [0.1, 0.15) is 11.5 Å². The Balaban J connectivity index is 2.67. The van der Waals surface area contributed by atoms with Gasteiger partial charge in [0.25, 0.3) is 0 Å². The fraction of sp³-hybridized carbons (Fsp3) is 0.579. The van der Waals surface area contributed by atoms with Crippen LogP contribution in [0.15, 0.2) is 18.2 Å². The van der Waals surface area contributed by atoms with Crippen LogP contribution in [0.25, 0.3) is 0 Å². The van der Waals surface area contributed by atoms with Crippen LogP contribution in [0.4, 0.5) is 0 Å². The molecule has 0 saturated heterocycles. The van der Waals surface area contributed by atoms with Crippen LogP contribution < -0.4 is 10.1 Å². The normalized spacial score (nSPS) is 13.5. The third-order valence-electron chi connectivity index (χ3n) is 4.05. The summed E-state index contributed by atoms with van der Waals surface area (Å²) < 4.78 is 5.29. The number of amides is 1. The average molecular weight is 335 g/mol. The first-order valence-electron chi connectivity index (χ1n) is 8.35. The van der Waals surface area contributed by atoms with Crippen molar-refractivity contribution in [3.05, 3.63) is 29.3 Å². The number of hydrogen-bond acceptors (Lipinski definition) is 4. The third-order valence-corrected chi connectivity index (χ3v) is 4.05. The van der Waals surface area contributed by atoms with E-state index in [9.17, 15) is 14.7 Å². The molecule has 1 unspecified atom stereocenters. The van der Waals surface area contributed by atoms with Gasteiger partial charge >= 0.3 is 0 Å². The zero-order valence-electron chi connectivity index (χ0n) is 15.3. The lowest BCUT2D eigenvalue weighted by Crippen LogP contribution is -2.35. The summed E-state index contributed by atoms with van der Waals surface area (Å²) >= 11 is 0. The number of carbonyl (C=O) groups is 2. The molecule has 0 aliphatic heterocycles.